The highest BCUT2D eigenvalue weighted by atomic mass is 16.4. The van der Waals surface area contributed by atoms with Gasteiger partial charge in [0.25, 0.3) is 0 Å². The van der Waals surface area contributed by atoms with E-state index in [9.17, 15) is 9.59 Å². The van der Waals surface area contributed by atoms with E-state index in [0.29, 0.717) is 39.1 Å². The molecule has 104 valence electrons. The molecule has 2 rings (SSSR count). The van der Waals surface area contributed by atoms with Crippen LogP contribution in [0.25, 0.3) is 0 Å². The quantitative estimate of drug-likeness (QED) is 0.777. The molecular weight excluding hydrogens is 248 g/mol. The fourth-order valence-corrected chi connectivity index (χ4v) is 2.15. The first-order chi connectivity index (χ1) is 9.15. The van der Waals surface area contributed by atoms with Crippen molar-refractivity contribution in [3.8, 4) is 0 Å². The van der Waals surface area contributed by atoms with Gasteiger partial charge in [-0.05, 0) is 6.07 Å². The smallest absolute Gasteiger partial charge is 0.317 e. The Morgan fingerprint density at radius 3 is 2.53 bits per heavy atom. The zero-order chi connectivity index (χ0) is 13.7. The monoisotopic (exact) mass is 266 g/mol. The highest BCUT2D eigenvalue weighted by Crippen LogP contribution is 2.04. The summed E-state index contributed by atoms with van der Waals surface area (Å²) in [6, 6.07) is 1.83. The predicted molar refractivity (Wildman–Crippen MR) is 67.5 cm³/mol. The Bertz CT molecular complexity index is 424. The molecule has 0 spiro atoms. The van der Waals surface area contributed by atoms with Gasteiger partial charge in [-0.2, -0.15) is 5.10 Å². The van der Waals surface area contributed by atoms with Crippen LogP contribution in [-0.2, 0) is 16.1 Å². The van der Waals surface area contributed by atoms with Gasteiger partial charge in [0.05, 0.1) is 6.54 Å². The van der Waals surface area contributed by atoms with Crippen molar-refractivity contribution in [2.24, 2.45) is 0 Å². The first-order valence-corrected chi connectivity index (χ1v) is 6.34. The van der Waals surface area contributed by atoms with Crippen LogP contribution in [-0.4, -0.2) is 69.3 Å². The van der Waals surface area contributed by atoms with Crippen LogP contribution in [0, 0.1) is 0 Å². The van der Waals surface area contributed by atoms with Crippen LogP contribution in [0.3, 0.4) is 0 Å². The molecule has 0 aromatic carbocycles. The predicted octanol–water partition coefficient (Wildman–Crippen LogP) is -0.498. The second kappa shape index (κ2) is 6.33. The lowest BCUT2D eigenvalue weighted by Gasteiger charge is -2.33. The molecule has 1 aromatic rings. The van der Waals surface area contributed by atoms with Gasteiger partial charge in [0.2, 0.25) is 5.91 Å². The summed E-state index contributed by atoms with van der Waals surface area (Å²) < 4.78 is 1.73. The number of carbonyl (C=O) groups excluding carboxylic acids is 1. The Labute approximate surface area is 111 Å². The standard InChI is InChI=1S/C12H18N4O3/c17-11(2-5-16-4-1-3-13-16)15-8-6-14(7-9-15)10-12(18)19/h1,3-4H,2,5-10H2,(H,18,19). The summed E-state index contributed by atoms with van der Waals surface area (Å²) >= 11 is 0. The summed E-state index contributed by atoms with van der Waals surface area (Å²) in [6.07, 6.45) is 3.95. The van der Waals surface area contributed by atoms with E-state index in [0.717, 1.165) is 0 Å². The average Bonchev–Trinajstić information content (AvgIpc) is 2.89. The van der Waals surface area contributed by atoms with Gasteiger partial charge in [-0.25, -0.2) is 0 Å². The van der Waals surface area contributed by atoms with Gasteiger partial charge in [0.15, 0.2) is 0 Å². The minimum atomic E-state index is -0.821. The van der Waals surface area contributed by atoms with E-state index < -0.39 is 5.97 Å². The third kappa shape index (κ3) is 4.06. The number of carboxylic acid groups (broad SMARTS) is 1. The van der Waals surface area contributed by atoms with Gasteiger partial charge in [-0.1, -0.05) is 0 Å². The number of hydrogen-bond acceptors (Lipinski definition) is 4. The molecule has 0 saturated carbocycles. The van der Waals surface area contributed by atoms with Gasteiger partial charge in [-0.15, -0.1) is 0 Å². The van der Waals surface area contributed by atoms with Gasteiger partial charge in [0, 0.05) is 51.5 Å². The van der Waals surface area contributed by atoms with E-state index in [-0.39, 0.29) is 12.5 Å². The van der Waals surface area contributed by atoms with E-state index in [1.165, 1.54) is 0 Å². The first kappa shape index (κ1) is 13.5. The zero-order valence-electron chi connectivity index (χ0n) is 10.7. The number of aliphatic carboxylic acids is 1. The van der Waals surface area contributed by atoms with Crippen molar-refractivity contribution >= 4 is 11.9 Å². The number of rotatable bonds is 5. The Hall–Kier alpha value is -1.89. The number of carbonyl (C=O) groups is 2. The van der Waals surface area contributed by atoms with Gasteiger partial charge in [0.1, 0.15) is 0 Å². The Morgan fingerprint density at radius 2 is 1.95 bits per heavy atom. The van der Waals surface area contributed by atoms with Crippen molar-refractivity contribution in [3.63, 3.8) is 0 Å². The highest BCUT2D eigenvalue weighted by Gasteiger charge is 2.21. The molecule has 1 aliphatic rings. The molecule has 0 radical (unpaired) electrons. The maximum atomic E-state index is 12.0. The minimum absolute atomic E-state index is 0.0509. The van der Waals surface area contributed by atoms with E-state index in [1.807, 2.05) is 17.2 Å². The second-order valence-electron chi connectivity index (χ2n) is 4.57. The molecule has 1 fully saturated rings. The molecule has 0 unspecified atom stereocenters. The largest absolute Gasteiger partial charge is 0.480 e. The molecule has 2 heterocycles. The summed E-state index contributed by atoms with van der Waals surface area (Å²) in [5.41, 5.74) is 0. The number of nitrogens with zero attached hydrogens (tertiary/aromatic N) is 4. The van der Waals surface area contributed by atoms with Crippen molar-refractivity contribution in [2.45, 2.75) is 13.0 Å². The number of aromatic nitrogens is 2. The third-order valence-corrected chi connectivity index (χ3v) is 3.20. The normalized spacial score (nSPS) is 16.5. The van der Waals surface area contributed by atoms with E-state index in [1.54, 1.807) is 15.8 Å². The fraction of sp³-hybridized carbons (Fsp3) is 0.583. The lowest BCUT2D eigenvalue weighted by molar-refractivity contribution is -0.139. The molecule has 7 nitrogen and oxygen atoms in total. The molecule has 19 heavy (non-hydrogen) atoms. The molecular formula is C12H18N4O3. The molecule has 1 aliphatic heterocycles. The maximum Gasteiger partial charge on any atom is 0.317 e. The number of carboxylic acids is 1. The van der Waals surface area contributed by atoms with E-state index in [2.05, 4.69) is 5.10 Å². The van der Waals surface area contributed by atoms with Crippen molar-refractivity contribution in [1.82, 2.24) is 19.6 Å². The van der Waals surface area contributed by atoms with Crippen LogP contribution in [0.5, 0.6) is 0 Å². The lowest BCUT2D eigenvalue weighted by Crippen LogP contribution is -2.50. The molecule has 1 N–H and O–H groups in total. The topological polar surface area (TPSA) is 78.7 Å². The van der Waals surface area contributed by atoms with Crippen LogP contribution in [0.15, 0.2) is 18.5 Å². The van der Waals surface area contributed by atoms with Gasteiger partial charge < -0.3 is 10.0 Å². The number of hydrogen-bond donors (Lipinski definition) is 1. The molecule has 1 amide bonds. The second-order valence-corrected chi connectivity index (χ2v) is 4.57. The average molecular weight is 266 g/mol. The Balaban J connectivity index is 1.71. The highest BCUT2D eigenvalue weighted by molar-refractivity contribution is 5.76. The molecule has 7 heteroatoms. The summed E-state index contributed by atoms with van der Waals surface area (Å²) in [7, 11) is 0. The van der Waals surface area contributed by atoms with Crippen LogP contribution in [0.2, 0.25) is 0 Å². The maximum absolute atomic E-state index is 12.0. The summed E-state index contributed by atoms with van der Waals surface area (Å²) in [4.78, 5) is 26.2. The molecule has 1 aromatic heterocycles. The Morgan fingerprint density at radius 1 is 1.21 bits per heavy atom. The summed E-state index contributed by atoms with van der Waals surface area (Å²) in [5.74, 6) is -0.719. The van der Waals surface area contributed by atoms with Crippen molar-refractivity contribution in [1.29, 1.82) is 0 Å². The number of piperazine rings is 1. The van der Waals surface area contributed by atoms with Crippen molar-refractivity contribution in [3.05, 3.63) is 18.5 Å². The third-order valence-electron chi connectivity index (χ3n) is 3.20. The van der Waals surface area contributed by atoms with Gasteiger partial charge in [-0.3, -0.25) is 19.2 Å². The van der Waals surface area contributed by atoms with Crippen LogP contribution in [0.1, 0.15) is 6.42 Å². The Kier molecular flexibility index (Phi) is 4.51. The SMILES string of the molecule is O=C(O)CN1CCN(C(=O)CCn2cccn2)CC1. The molecule has 0 bridgehead atoms. The minimum Gasteiger partial charge on any atom is -0.480 e. The fourth-order valence-electron chi connectivity index (χ4n) is 2.15. The summed E-state index contributed by atoms with van der Waals surface area (Å²) in [5, 5.41) is 12.7. The number of amides is 1. The summed E-state index contributed by atoms with van der Waals surface area (Å²) in [6.45, 7) is 3.09. The molecule has 0 atom stereocenters. The van der Waals surface area contributed by atoms with Crippen molar-refractivity contribution in [2.75, 3.05) is 32.7 Å². The van der Waals surface area contributed by atoms with Gasteiger partial charge >= 0.3 is 5.97 Å². The number of aryl methyl sites for hydroxylation is 1. The lowest BCUT2D eigenvalue weighted by atomic mass is 10.2. The zero-order valence-corrected chi connectivity index (χ0v) is 10.7. The van der Waals surface area contributed by atoms with Crippen LogP contribution in [0.4, 0.5) is 0 Å². The van der Waals surface area contributed by atoms with Crippen LogP contribution >= 0.6 is 0 Å². The van der Waals surface area contributed by atoms with Crippen molar-refractivity contribution < 1.29 is 14.7 Å². The van der Waals surface area contributed by atoms with Crippen LogP contribution < -0.4 is 0 Å². The van der Waals surface area contributed by atoms with E-state index in [4.69, 9.17) is 5.11 Å². The molecule has 0 aliphatic carbocycles. The first-order valence-electron chi connectivity index (χ1n) is 6.34. The molecule has 1 saturated heterocycles. The van der Waals surface area contributed by atoms with E-state index >= 15 is 0 Å².